The fraction of sp³-hybridized carbons (Fsp3) is 0.130. The first-order valence-corrected chi connectivity index (χ1v) is 20.6. The van der Waals surface area contributed by atoms with Gasteiger partial charge in [0.15, 0.2) is 0 Å². The predicted octanol–water partition coefficient (Wildman–Crippen LogP) is 13.9. The topological polar surface area (TPSA) is 61.7 Å². The second kappa shape index (κ2) is 16.4. The number of pyridine rings is 1. The molecule has 0 aliphatic carbocycles. The maximum absolute atomic E-state index is 6.96. The number of hydrogen-bond acceptors (Lipinski definition) is 4. The molecule has 61 heavy (non-hydrogen) atoms. The van der Waals surface area contributed by atoms with Crippen LogP contribution >= 0.6 is 0 Å². The van der Waals surface area contributed by atoms with E-state index in [1.165, 1.54) is 16.8 Å². The second-order valence-corrected chi connectivity index (χ2v) is 15.9. The van der Waals surface area contributed by atoms with E-state index in [9.17, 15) is 0 Å². The summed E-state index contributed by atoms with van der Waals surface area (Å²) >= 11 is 0. The number of benzene rings is 7. The molecular formula is C54H43IrN5O-2. The van der Waals surface area contributed by atoms with Crippen molar-refractivity contribution < 1.29 is 24.5 Å². The van der Waals surface area contributed by atoms with Gasteiger partial charge in [0.1, 0.15) is 11.4 Å². The van der Waals surface area contributed by atoms with E-state index in [0.29, 0.717) is 11.8 Å². The molecule has 0 aliphatic rings. The minimum Gasteiger partial charge on any atom is -0.500 e. The molecule has 0 N–H and O–H groups in total. The molecule has 6 nitrogen and oxygen atoms in total. The van der Waals surface area contributed by atoms with E-state index >= 15 is 0 Å². The Morgan fingerprint density at radius 1 is 0.574 bits per heavy atom. The molecule has 11 aromatic rings. The molecule has 301 valence electrons. The molecule has 7 aromatic carbocycles. The summed E-state index contributed by atoms with van der Waals surface area (Å²) in [7, 11) is 2.08. The van der Waals surface area contributed by atoms with Crippen molar-refractivity contribution >= 4 is 54.8 Å². The van der Waals surface area contributed by atoms with Gasteiger partial charge in [-0.05, 0) is 64.4 Å². The third-order valence-corrected chi connectivity index (χ3v) is 11.4. The van der Waals surface area contributed by atoms with Crippen molar-refractivity contribution in [2.75, 3.05) is 0 Å². The van der Waals surface area contributed by atoms with Crippen LogP contribution in [0, 0.1) is 12.1 Å². The average molecular weight is 970 g/mol. The van der Waals surface area contributed by atoms with Crippen molar-refractivity contribution in [2.24, 2.45) is 7.05 Å². The van der Waals surface area contributed by atoms with Crippen LogP contribution in [0.2, 0.25) is 0 Å². The molecule has 0 spiro atoms. The van der Waals surface area contributed by atoms with Crippen LogP contribution in [0.15, 0.2) is 162 Å². The Balaban J connectivity index is 0.000000316. The van der Waals surface area contributed by atoms with E-state index in [4.69, 9.17) is 14.4 Å². The molecule has 4 aromatic heterocycles. The molecule has 7 heteroatoms. The van der Waals surface area contributed by atoms with Gasteiger partial charge in [0.05, 0.1) is 33.5 Å². The predicted molar refractivity (Wildman–Crippen MR) is 247 cm³/mol. The third kappa shape index (κ3) is 7.04. The summed E-state index contributed by atoms with van der Waals surface area (Å²) in [6.07, 6.45) is 1.79. The van der Waals surface area contributed by atoms with Gasteiger partial charge in [0, 0.05) is 55.4 Å². The van der Waals surface area contributed by atoms with Crippen LogP contribution in [0.5, 0.6) is 0 Å². The van der Waals surface area contributed by atoms with Gasteiger partial charge >= 0.3 is 0 Å². The summed E-state index contributed by atoms with van der Waals surface area (Å²) in [4.78, 5) is 14.5. The molecule has 0 fully saturated rings. The van der Waals surface area contributed by atoms with Crippen molar-refractivity contribution in [3.8, 4) is 39.7 Å². The van der Waals surface area contributed by atoms with Gasteiger partial charge in [-0.1, -0.05) is 124 Å². The number of para-hydroxylation sites is 3. The first-order valence-electron chi connectivity index (χ1n) is 20.6. The maximum Gasteiger partial charge on any atom is 0.140 e. The Bertz CT molecular complexity index is 3260. The second-order valence-electron chi connectivity index (χ2n) is 15.9. The average Bonchev–Trinajstić information content (AvgIpc) is 3.97. The number of fused-ring (bicyclic) bond motifs is 7. The van der Waals surface area contributed by atoms with Gasteiger partial charge in [0.25, 0.3) is 0 Å². The molecule has 0 amide bonds. The SMILES string of the molecule is CC(C)c1cccc(C(C)C)c1-n1c(-c2[c-]ccc3c2oc2c4cc5c(cc4ccc32)nc(-c2ccccc2)n5C)nc2ccccc21.[Ir].[c-]1ccccc1-c1ccccn1. The Kier molecular flexibility index (Phi) is 10.7. The van der Waals surface area contributed by atoms with Crippen molar-refractivity contribution in [2.45, 2.75) is 39.5 Å². The zero-order chi connectivity index (χ0) is 40.9. The van der Waals surface area contributed by atoms with Gasteiger partial charge < -0.3 is 18.5 Å². The molecule has 0 atom stereocenters. The number of aromatic nitrogens is 5. The first-order chi connectivity index (χ1) is 29.4. The van der Waals surface area contributed by atoms with Gasteiger partial charge in [-0.15, -0.1) is 54.1 Å². The van der Waals surface area contributed by atoms with Gasteiger partial charge in [-0.2, -0.15) is 0 Å². The smallest absolute Gasteiger partial charge is 0.140 e. The van der Waals surface area contributed by atoms with Crippen LogP contribution in [0.3, 0.4) is 0 Å². The van der Waals surface area contributed by atoms with Gasteiger partial charge in [-0.3, -0.25) is 4.98 Å². The summed E-state index contributed by atoms with van der Waals surface area (Å²) in [6.45, 7) is 9.06. The van der Waals surface area contributed by atoms with Crippen LogP contribution in [-0.4, -0.2) is 24.1 Å². The Labute approximate surface area is 368 Å². The molecule has 11 rings (SSSR count). The van der Waals surface area contributed by atoms with Crippen LogP contribution < -0.4 is 0 Å². The van der Waals surface area contributed by atoms with Crippen molar-refractivity contribution in [1.29, 1.82) is 0 Å². The van der Waals surface area contributed by atoms with Crippen molar-refractivity contribution in [1.82, 2.24) is 24.1 Å². The first kappa shape index (κ1) is 39.8. The maximum atomic E-state index is 6.96. The van der Waals surface area contributed by atoms with Crippen LogP contribution in [0.4, 0.5) is 0 Å². The number of aryl methyl sites for hydroxylation is 1. The van der Waals surface area contributed by atoms with Crippen molar-refractivity contribution in [3.63, 3.8) is 0 Å². The number of hydrogen-bond donors (Lipinski definition) is 0. The Hall–Kier alpha value is -6.66. The summed E-state index contributed by atoms with van der Waals surface area (Å²) < 4.78 is 11.5. The van der Waals surface area contributed by atoms with E-state index in [1.54, 1.807) is 6.20 Å². The Morgan fingerprint density at radius 2 is 1.30 bits per heavy atom. The molecule has 0 aliphatic heterocycles. The van der Waals surface area contributed by atoms with Crippen LogP contribution in [-0.2, 0) is 27.2 Å². The zero-order valence-corrected chi connectivity index (χ0v) is 37.0. The molecule has 0 unspecified atom stereocenters. The van der Waals surface area contributed by atoms with E-state index in [-0.39, 0.29) is 20.1 Å². The summed E-state index contributed by atoms with van der Waals surface area (Å²) in [5.41, 5.74) is 13.4. The van der Waals surface area contributed by atoms with E-state index in [2.05, 4.69) is 158 Å². The summed E-state index contributed by atoms with van der Waals surface area (Å²) in [5.74, 6) is 2.44. The minimum atomic E-state index is 0. The van der Waals surface area contributed by atoms with Crippen molar-refractivity contribution in [3.05, 3.63) is 181 Å². The van der Waals surface area contributed by atoms with E-state index < -0.39 is 0 Å². The number of nitrogens with zero attached hydrogens (tertiary/aromatic N) is 5. The van der Waals surface area contributed by atoms with Gasteiger partial charge in [0.2, 0.25) is 0 Å². The quantitative estimate of drug-likeness (QED) is 0.156. The molecule has 0 saturated carbocycles. The number of imidazole rings is 2. The summed E-state index contributed by atoms with van der Waals surface area (Å²) in [5, 5.41) is 4.28. The number of rotatable bonds is 6. The van der Waals surface area contributed by atoms with Crippen LogP contribution in [0.1, 0.15) is 50.7 Å². The van der Waals surface area contributed by atoms with E-state index in [0.717, 1.165) is 88.8 Å². The minimum absolute atomic E-state index is 0. The normalized spacial score (nSPS) is 11.5. The third-order valence-electron chi connectivity index (χ3n) is 11.4. The largest absolute Gasteiger partial charge is 0.500 e. The molecular weight excluding hydrogens is 927 g/mol. The fourth-order valence-electron chi connectivity index (χ4n) is 8.49. The molecule has 1 radical (unpaired) electrons. The van der Waals surface area contributed by atoms with Crippen LogP contribution in [0.25, 0.3) is 94.5 Å². The monoisotopic (exact) mass is 970 g/mol. The molecule has 0 saturated heterocycles. The molecule has 0 bridgehead atoms. The zero-order valence-electron chi connectivity index (χ0n) is 34.6. The standard InChI is InChI=1S/C43H35N4O.C11H8N.Ir/c1-25(2)29-15-11-16-30(26(3)4)39(29)47-37-20-10-9-19-35(37)44-43(47)33-18-12-17-31-32-22-21-28-23-36-38(24-34(28)41(32)48-40(31)33)46(5)42(45-36)27-13-7-6-8-14-27;1-2-6-10(7-3-1)11-8-4-5-9-12-11;/h6-17,19-26H,1-5H3;1-6,8-9H;/q2*-1;. The summed E-state index contributed by atoms with van der Waals surface area (Å²) in [6, 6.07) is 58.7. The molecule has 4 heterocycles. The Morgan fingerprint density at radius 3 is 2.03 bits per heavy atom. The van der Waals surface area contributed by atoms with E-state index in [1.807, 2.05) is 54.6 Å². The number of furan rings is 1. The fourth-order valence-corrected chi connectivity index (χ4v) is 8.49. The van der Waals surface area contributed by atoms with Gasteiger partial charge in [-0.25, -0.2) is 4.98 Å².